The summed E-state index contributed by atoms with van der Waals surface area (Å²) in [7, 11) is 2.04. The fourth-order valence-electron chi connectivity index (χ4n) is 4.16. The Bertz CT molecular complexity index is 939. The molecule has 3 aliphatic heterocycles. The lowest BCUT2D eigenvalue weighted by atomic mass is 9.96. The molecule has 29 heavy (non-hydrogen) atoms. The van der Waals surface area contributed by atoms with Gasteiger partial charge in [0.1, 0.15) is 5.82 Å². The van der Waals surface area contributed by atoms with E-state index in [0.29, 0.717) is 12.0 Å². The van der Waals surface area contributed by atoms with E-state index in [1.165, 1.54) is 22.5 Å². The molecule has 0 saturated carbocycles. The van der Waals surface area contributed by atoms with Crippen molar-refractivity contribution in [3.05, 3.63) is 41.6 Å². The molecule has 0 amide bonds. The van der Waals surface area contributed by atoms with Crippen molar-refractivity contribution < 1.29 is 4.74 Å². The summed E-state index contributed by atoms with van der Waals surface area (Å²) in [6.45, 7) is 5.38. The number of rotatable bonds is 4. The molecule has 0 aliphatic carbocycles. The van der Waals surface area contributed by atoms with Crippen LogP contribution >= 0.6 is 0 Å². The molecule has 152 valence electrons. The van der Waals surface area contributed by atoms with E-state index in [4.69, 9.17) is 9.72 Å². The van der Waals surface area contributed by atoms with Crippen LogP contribution in [0, 0.1) is 0 Å². The average molecular weight is 393 g/mol. The minimum absolute atomic E-state index is 0.377. The smallest absolute Gasteiger partial charge is 0.224 e. The van der Waals surface area contributed by atoms with Gasteiger partial charge in [-0.3, -0.25) is 10.0 Å². The van der Waals surface area contributed by atoms with Crippen LogP contribution in [0.4, 0.5) is 23.1 Å². The van der Waals surface area contributed by atoms with Gasteiger partial charge < -0.3 is 15.4 Å². The number of hydrogen-bond acceptors (Lipinski definition) is 8. The molecule has 3 N–H and O–H groups in total. The van der Waals surface area contributed by atoms with Gasteiger partial charge in [-0.25, -0.2) is 4.98 Å². The monoisotopic (exact) mass is 393 g/mol. The largest absolute Gasteiger partial charge is 0.381 e. The number of nitrogens with one attached hydrogen (secondary N) is 3. The topological polar surface area (TPSA) is 77.6 Å². The maximum absolute atomic E-state index is 5.43. The fraction of sp³-hybridized carbons (Fsp3) is 0.429. The molecule has 4 heterocycles. The molecule has 1 saturated heterocycles. The van der Waals surface area contributed by atoms with Gasteiger partial charge in [-0.1, -0.05) is 12.1 Å². The van der Waals surface area contributed by atoms with E-state index in [-0.39, 0.29) is 0 Å². The second kappa shape index (κ2) is 7.53. The first-order valence-electron chi connectivity index (χ1n) is 10.3. The number of hydrazine groups is 2. The van der Waals surface area contributed by atoms with Crippen molar-refractivity contribution >= 4 is 28.7 Å². The van der Waals surface area contributed by atoms with Crippen molar-refractivity contribution in [3.63, 3.8) is 0 Å². The third-order valence-electron chi connectivity index (χ3n) is 5.73. The van der Waals surface area contributed by atoms with E-state index >= 15 is 0 Å². The number of benzene rings is 1. The van der Waals surface area contributed by atoms with Gasteiger partial charge in [0.25, 0.3) is 0 Å². The van der Waals surface area contributed by atoms with E-state index in [0.717, 1.165) is 50.5 Å². The van der Waals surface area contributed by atoms with Gasteiger partial charge in [-0.05, 0) is 43.0 Å². The van der Waals surface area contributed by atoms with Gasteiger partial charge in [-0.15, -0.1) is 5.53 Å². The van der Waals surface area contributed by atoms with Crippen LogP contribution in [0.15, 0.2) is 30.5 Å². The normalized spacial score (nSPS) is 18.8. The maximum atomic E-state index is 5.43. The van der Waals surface area contributed by atoms with E-state index < -0.39 is 0 Å². The zero-order chi connectivity index (χ0) is 19.8. The molecule has 0 spiro atoms. The minimum Gasteiger partial charge on any atom is -0.381 e. The van der Waals surface area contributed by atoms with Crippen molar-refractivity contribution in [2.24, 2.45) is 0 Å². The van der Waals surface area contributed by atoms with E-state index in [1.54, 1.807) is 0 Å². The molecule has 5 rings (SSSR count). The first kappa shape index (κ1) is 18.2. The maximum Gasteiger partial charge on any atom is 0.224 e. The quantitative estimate of drug-likeness (QED) is 0.732. The molecular formula is C21H27N7O. The summed E-state index contributed by atoms with van der Waals surface area (Å²) in [6.07, 6.45) is 6.12. The summed E-state index contributed by atoms with van der Waals surface area (Å²) in [5, 5.41) is 11.0. The molecule has 0 bridgehead atoms. The summed E-state index contributed by atoms with van der Waals surface area (Å²) in [5.41, 5.74) is 9.11. The van der Waals surface area contributed by atoms with Crippen LogP contribution in [0.1, 0.15) is 30.9 Å². The van der Waals surface area contributed by atoms with Crippen LogP contribution in [0.3, 0.4) is 0 Å². The highest BCUT2D eigenvalue weighted by molar-refractivity contribution is 5.90. The Labute approximate surface area is 170 Å². The predicted octanol–water partition coefficient (Wildman–Crippen LogP) is 2.62. The van der Waals surface area contributed by atoms with Gasteiger partial charge in [0.2, 0.25) is 5.95 Å². The van der Waals surface area contributed by atoms with Gasteiger partial charge >= 0.3 is 0 Å². The summed E-state index contributed by atoms with van der Waals surface area (Å²) in [6, 6.07) is 6.95. The van der Waals surface area contributed by atoms with Crippen molar-refractivity contribution in [3.8, 4) is 0 Å². The highest BCUT2D eigenvalue weighted by Gasteiger charge is 2.24. The van der Waals surface area contributed by atoms with Crippen LogP contribution in [0.5, 0.6) is 0 Å². The molecule has 8 nitrogen and oxygen atoms in total. The zero-order valence-corrected chi connectivity index (χ0v) is 16.9. The van der Waals surface area contributed by atoms with Crippen LogP contribution in [-0.4, -0.2) is 49.4 Å². The first-order valence-corrected chi connectivity index (χ1v) is 10.3. The third-order valence-corrected chi connectivity index (χ3v) is 5.73. The second-order valence-corrected chi connectivity index (χ2v) is 7.59. The molecule has 2 aromatic rings. The van der Waals surface area contributed by atoms with Gasteiger partial charge in [0.05, 0.1) is 11.4 Å². The average Bonchev–Trinajstić information content (AvgIpc) is 3.09. The lowest BCUT2D eigenvalue weighted by Crippen LogP contribution is -2.41. The number of nitrogens with zero attached hydrogens (tertiary/aromatic N) is 4. The van der Waals surface area contributed by atoms with Crippen molar-refractivity contribution in [2.75, 3.05) is 54.0 Å². The lowest BCUT2D eigenvalue weighted by molar-refractivity contribution is 0.0903. The van der Waals surface area contributed by atoms with Crippen molar-refractivity contribution in [1.82, 2.24) is 15.5 Å². The number of fused-ring (bicyclic) bond motifs is 2. The number of aromatic nitrogens is 2. The van der Waals surface area contributed by atoms with Crippen LogP contribution in [0.2, 0.25) is 0 Å². The van der Waals surface area contributed by atoms with Crippen molar-refractivity contribution in [2.45, 2.75) is 25.8 Å². The van der Waals surface area contributed by atoms with Crippen LogP contribution < -0.4 is 26.2 Å². The van der Waals surface area contributed by atoms with Crippen LogP contribution in [0.25, 0.3) is 5.57 Å². The highest BCUT2D eigenvalue weighted by atomic mass is 16.5. The Morgan fingerprint density at radius 3 is 2.93 bits per heavy atom. The fourth-order valence-corrected chi connectivity index (χ4v) is 4.16. The first-order chi connectivity index (χ1) is 14.2. The number of hydrogen-bond donors (Lipinski definition) is 3. The molecule has 0 radical (unpaired) electrons. The standard InChI is InChI=1S/C21H27N7O/c1-3-28-19-12-14(4-5-18(19)27(2)26-28)16-6-9-22-20-17(16)13-23-21(25-20)24-15-7-10-29-11-8-15/h4-6,12-13,15,26H,3,7-11H2,1-2H3,(H2,22,23,24,25). The molecule has 1 fully saturated rings. The Kier molecular flexibility index (Phi) is 4.73. The van der Waals surface area contributed by atoms with Crippen LogP contribution in [-0.2, 0) is 4.74 Å². The molecule has 0 atom stereocenters. The Balaban J connectivity index is 1.43. The zero-order valence-electron chi connectivity index (χ0n) is 16.9. The Morgan fingerprint density at radius 1 is 1.24 bits per heavy atom. The van der Waals surface area contributed by atoms with Crippen molar-refractivity contribution in [1.29, 1.82) is 0 Å². The summed E-state index contributed by atoms with van der Waals surface area (Å²) >= 11 is 0. The molecule has 8 heteroatoms. The molecule has 1 aromatic carbocycles. The van der Waals surface area contributed by atoms with E-state index in [1.807, 2.05) is 18.3 Å². The van der Waals surface area contributed by atoms with Gasteiger partial charge in [0, 0.05) is 51.2 Å². The Morgan fingerprint density at radius 2 is 2.10 bits per heavy atom. The summed E-state index contributed by atoms with van der Waals surface area (Å²) in [5.74, 6) is 1.57. The SMILES string of the molecule is CCN1NN(C)c2ccc(C3=CCNc4nc(NC5CCOCC5)ncc43)cc21. The number of anilines is 4. The summed E-state index contributed by atoms with van der Waals surface area (Å²) < 4.78 is 5.43. The molecular weight excluding hydrogens is 366 g/mol. The van der Waals surface area contributed by atoms with E-state index in [9.17, 15) is 0 Å². The molecule has 1 aromatic heterocycles. The van der Waals surface area contributed by atoms with Gasteiger partial charge in [-0.2, -0.15) is 4.98 Å². The second-order valence-electron chi connectivity index (χ2n) is 7.59. The van der Waals surface area contributed by atoms with Gasteiger partial charge in [0.15, 0.2) is 0 Å². The minimum atomic E-state index is 0.377. The van der Waals surface area contributed by atoms with E-state index in [2.05, 4.69) is 57.4 Å². The predicted molar refractivity (Wildman–Crippen MR) is 116 cm³/mol. The lowest BCUT2D eigenvalue weighted by Gasteiger charge is -2.24. The Hall–Kier alpha value is -2.84. The highest BCUT2D eigenvalue weighted by Crippen LogP contribution is 2.38. The molecule has 0 unspecified atom stereocenters. The summed E-state index contributed by atoms with van der Waals surface area (Å²) in [4.78, 5) is 9.36. The third kappa shape index (κ3) is 3.38. The number of ether oxygens (including phenoxy) is 1. The molecule has 3 aliphatic rings.